The van der Waals surface area contributed by atoms with Crippen molar-refractivity contribution < 1.29 is 18.3 Å². The molecule has 0 unspecified atom stereocenters. The Hall–Kier alpha value is -1.66. The Morgan fingerprint density at radius 2 is 1.95 bits per heavy atom. The maximum atomic E-state index is 12.3. The lowest BCUT2D eigenvalue weighted by Crippen LogP contribution is -2.30. The fourth-order valence-corrected chi connectivity index (χ4v) is 3.17. The van der Waals surface area contributed by atoms with Gasteiger partial charge < -0.3 is 5.11 Å². The first-order valence-electron chi connectivity index (χ1n) is 5.93. The SMILES string of the molecule is CCN(CC)S(=O)(=O)c1cccc(/C=C/C(=O)O)c1. The van der Waals surface area contributed by atoms with Crippen LogP contribution in [-0.4, -0.2) is 36.9 Å². The van der Waals surface area contributed by atoms with Crippen LogP contribution in [0.4, 0.5) is 0 Å². The first kappa shape index (κ1) is 15.4. The van der Waals surface area contributed by atoms with Gasteiger partial charge in [-0.3, -0.25) is 0 Å². The minimum atomic E-state index is -3.51. The average molecular weight is 283 g/mol. The van der Waals surface area contributed by atoms with Gasteiger partial charge in [0.05, 0.1) is 4.90 Å². The molecule has 19 heavy (non-hydrogen) atoms. The second kappa shape index (κ2) is 6.49. The normalized spacial score (nSPS) is 12.2. The summed E-state index contributed by atoms with van der Waals surface area (Å²) in [7, 11) is -3.51. The molecule has 0 amide bonds. The molecule has 0 fully saturated rings. The van der Waals surface area contributed by atoms with E-state index in [4.69, 9.17) is 5.11 Å². The van der Waals surface area contributed by atoms with E-state index in [2.05, 4.69) is 0 Å². The van der Waals surface area contributed by atoms with E-state index in [1.165, 1.54) is 22.5 Å². The molecule has 0 aliphatic rings. The maximum absolute atomic E-state index is 12.3. The third-order valence-corrected chi connectivity index (χ3v) is 4.67. The Morgan fingerprint density at radius 3 is 2.47 bits per heavy atom. The summed E-state index contributed by atoms with van der Waals surface area (Å²) < 4.78 is 25.9. The van der Waals surface area contributed by atoms with Crippen LogP contribution in [0.1, 0.15) is 19.4 Å². The molecule has 0 aliphatic heterocycles. The summed E-state index contributed by atoms with van der Waals surface area (Å²) in [5, 5.41) is 8.56. The fourth-order valence-electron chi connectivity index (χ4n) is 1.66. The largest absolute Gasteiger partial charge is 0.478 e. The number of nitrogens with zero attached hydrogens (tertiary/aromatic N) is 1. The lowest BCUT2D eigenvalue weighted by Gasteiger charge is -2.18. The van der Waals surface area contributed by atoms with Crippen LogP contribution >= 0.6 is 0 Å². The Kier molecular flexibility index (Phi) is 5.26. The number of carboxylic acid groups (broad SMARTS) is 1. The van der Waals surface area contributed by atoms with Crippen molar-refractivity contribution in [2.75, 3.05) is 13.1 Å². The number of carbonyl (C=O) groups is 1. The molecule has 0 saturated carbocycles. The molecule has 1 N–H and O–H groups in total. The van der Waals surface area contributed by atoms with Gasteiger partial charge in [0, 0.05) is 19.2 Å². The number of hydrogen-bond donors (Lipinski definition) is 1. The molecule has 0 spiro atoms. The monoisotopic (exact) mass is 283 g/mol. The summed E-state index contributed by atoms with van der Waals surface area (Å²) in [5.41, 5.74) is 0.538. The van der Waals surface area contributed by atoms with Gasteiger partial charge in [0.15, 0.2) is 0 Å². The van der Waals surface area contributed by atoms with E-state index in [9.17, 15) is 13.2 Å². The number of carboxylic acids is 1. The predicted molar refractivity (Wildman–Crippen MR) is 73.2 cm³/mol. The predicted octanol–water partition coefficient (Wildman–Crippen LogP) is 1.81. The van der Waals surface area contributed by atoms with Gasteiger partial charge in [0.1, 0.15) is 0 Å². The van der Waals surface area contributed by atoms with Gasteiger partial charge >= 0.3 is 5.97 Å². The van der Waals surface area contributed by atoms with Crippen LogP contribution in [0, 0.1) is 0 Å². The third kappa shape index (κ3) is 3.90. The van der Waals surface area contributed by atoms with Crippen molar-refractivity contribution in [3.63, 3.8) is 0 Å². The van der Waals surface area contributed by atoms with E-state index >= 15 is 0 Å². The second-order valence-corrected chi connectivity index (χ2v) is 5.77. The van der Waals surface area contributed by atoms with Crippen molar-refractivity contribution in [1.82, 2.24) is 4.31 Å². The molecule has 5 nitrogen and oxygen atoms in total. The first-order valence-corrected chi connectivity index (χ1v) is 7.37. The van der Waals surface area contributed by atoms with Crippen molar-refractivity contribution in [2.45, 2.75) is 18.7 Å². The van der Waals surface area contributed by atoms with E-state index in [-0.39, 0.29) is 4.90 Å². The van der Waals surface area contributed by atoms with Crippen LogP contribution in [0.15, 0.2) is 35.2 Å². The quantitative estimate of drug-likeness (QED) is 0.808. The Bertz CT molecular complexity index is 574. The highest BCUT2D eigenvalue weighted by atomic mass is 32.2. The van der Waals surface area contributed by atoms with Crippen molar-refractivity contribution in [3.05, 3.63) is 35.9 Å². The molecule has 0 aromatic heterocycles. The van der Waals surface area contributed by atoms with Crippen LogP contribution in [0.2, 0.25) is 0 Å². The van der Waals surface area contributed by atoms with E-state index in [0.717, 1.165) is 6.08 Å². The summed E-state index contributed by atoms with van der Waals surface area (Å²) in [6.07, 6.45) is 2.34. The van der Waals surface area contributed by atoms with Crippen LogP contribution in [0.25, 0.3) is 6.08 Å². The van der Waals surface area contributed by atoms with Gasteiger partial charge in [-0.2, -0.15) is 4.31 Å². The van der Waals surface area contributed by atoms with Gasteiger partial charge in [-0.05, 0) is 23.8 Å². The topological polar surface area (TPSA) is 74.7 Å². The van der Waals surface area contributed by atoms with Gasteiger partial charge in [-0.25, -0.2) is 13.2 Å². The molecule has 0 heterocycles. The molecule has 0 radical (unpaired) electrons. The lowest BCUT2D eigenvalue weighted by molar-refractivity contribution is -0.131. The van der Waals surface area contributed by atoms with Gasteiger partial charge in [-0.1, -0.05) is 26.0 Å². The zero-order valence-electron chi connectivity index (χ0n) is 10.9. The summed E-state index contributed by atoms with van der Waals surface area (Å²) >= 11 is 0. The fraction of sp³-hybridized carbons (Fsp3) is 0.308. The molecule has 0 atom stereocenters. The third-order valence-electron chi connectivity index (χ3n) is 2.62. The molecule has 104 valence electrons. The smallest absolute Gasteiger partial charge is 0.328 e. The van der Waals surface area contributed by atoms with Crippen LogP contribution in [0.5, 0.6) is 0 Å². The molecule has 0 aliphatic carbocycles. The van der Waals surface area contributed by atoms with Crippen molar-refractivity contribution in [1.29, 1.82) is 0 Å². The molecular weight excluding hydrogens is 266 g/mol. The maximum Gasteiger partial charge on any atom is 0.328 e. The zero-order valence-corrected chi connectivity index (χ0v) is 11.7. The van der Waals surface area contributed by atoms with Crippen LogP contribution < -0.4 is 0 Å². The number of aliphatic carboxylic acids is 1. The van der Waals surface area contributed by atoms with Gasteiger partial charge in [0.25, 0.3) is 0 Å². The Balaban J connectivity index is 3.15. The van der Waals surface area contributed by atoms with E-state index < -0.39 is 16.0 Å². The molecule has 0 bridgehead atoms. The molecule has 1 aromatic carbocycles. The number of benzene rings is 1. The Labute approximate surface area is 113 Å². The summed E-state index contributed by atoms with van der Waals surface area (Å²) in [6, 6.07) is 6.22. The van der Waals surface area contributed by atoms with E-state index in [1.54, 1.807) is 26.0 Å². The summed E-state index contributed by atoms with van der Waals surface area (Å²) in [6.45, 7) is 4.34. The highest BCUT2D eigenvalue weighted by Gasteiger charge is 2.21. The highest BCUT2D eigenvalue weighted by Crippen LogP contribution is 2.17. The van der Waals surface area contributed by atoms with Crippen molar-refractivity contribution in [3.8, 4) is 0 Å². The Morgan fingerprint density at radius 1 is 1.32 bits per heavy atom. The van der Waals surface area contributed by atoms with Crippen molar-refractivity contribution in [2.24, 2.45) is 0 Å². The summed E-state index contributed by atoms with van der Waals surface area (Å²) in [5.74, 6) is -1.07. The lowest BCUT2D eigenvalue weighted by atomic mass is 10.2. The zero-order chi connectivity index (χ0) is 14.5. The van der Waals surface area contributed by atoms with Crippen molar-refractivity contribution >= 4 is 22.1 Å². The first-order chi connectivity index (χ1) is 8.91. The molecule has 1 rings (SSSR count). The van der Waals surface area contributed by atoms with E-state index in [1.807, 2.05) is 0 Å². The highest BCUT2D eigenvalue weighted by molar-refractivity contribution is 7.89. The summed E-state index contributed by atoms with van der Waals surface area (Å²) in [4.78, 5) is 10.6. The standard InChI is InChI=1S/C13H17NO4S/c1-3-14(4-2)19(17,18)12-7-5-6-11(10-12)8-9-13(15)16/h5-10H,3-4H2,1-2H3,(H,15,16)/b9-8+. The van der Waals surface area contributed by atoms with Crippen LogP contribution in [-0.2, 0) is 14.8 Å². The number of hydrogen-bond acceptors (Lipinski definition) is 3. The number of rotatable bonds is 6. The van der Waals surface area contributed by atoms with Gasteiger partial charge in [0.2, 0.25) is 10.0 Å². The molecular formula is C13H17NO4S. The minimum Gasteiger partial charge on any atom is -0.478 e. The second-order valence-electron chi connectivity index (χ2n) is 3.83. The number of sulfonamides is 1. The van der Waals surface area contributed by atoms with E-state index in [0.29, 0.717) is 18.7 Å². The average Bonchev–Trinajstić information content (AvgIpc) is 2.38. The molecule has 6 heteroatoms. The molecule has 0 saturated heterocycles. The van der Waals surface area contributed by atoms with Gasteiger partial charge in [-0.15, -0.1) is 0 Å². The van der Waals surface area contributed by atoms with Crippen LogP contribution in [0.3, 0.4) is 0 Å². The molecule has 1 aromatic rings. The minimum absolute atomic E-state index is 0.170.